The van der Waals surface area contributed by atoms with Crippen LogP contribution in [0.5, 0.6) is 0 Å². The number of nitrogens with zero attached hydrogens (tertiary/aromatic N) is 4. The second kappa shape index (κ2) is 4.63. The summed E-state index contributed by atoms with van der Waals surface area (Å²) in [7, 11) is 0. The van der Waals surface area contributed by atoms with Gasteiger partial charge in [-0.25, -0.2) is 15.0 Å². The van der Waals surface area contributed by atoms with Gasteiger partial charge in [0.2, 0.25) is 0 Å². The lowest BCUT2D eigenvalue weighted by Gasteiger charge is -2.50. The number of halogens is 1. The van der Waals surface area contributed by atoms with Crippen LogP contribution in [-0.4, -0.2) is 43.9 Å². The Balaban J connectivity index is 1.66. The van der Waals surface area contributed by atoms with E-state index in [1.807, 2.05) is 6.33 Å². The third-order valence-electron chi connectivity index (χ3n) is 6.01. The minimum Gasteiger partial charge on any atom is -0.396 e. The van der Waals surface area contributed by atoms with Gasteiger partial charge in [-0.15, -0.1) is 0 Å². The highest BCUT2D eigenvalue weighted by molar-refractivity contribution is 6.33. The Kier molecular flexibility index (Phi) is 2.78. The first kappa shape index (κ1) is 13.2. The summed E-state index contributed by atoms with van der Waals surface area (Å²) >= 11 is 6.12. The lowest BCUT2D eigenvalue weighted by Crippen LogP contribution is -2.51. The first-order chi connectivity index (χ1) is 10.8. The van der Waals surface area contributed by atoms with Crippen molar-refractivity contribution in [3.8, 4) is 0 Å². The number of hydrogen-bond donors (Lipinski definition) is 1. The zero-order valence-corrected chi connectivity index (χ0v) is 12.7. The second-order valence-corrected chi connectivity index (χ2v) is 7.05. The van der Waals surface area contributed by atoms with Crippen molar-refractivity contribution in [1.82, 2.24) is 19.5 Å². The molecule has 4 aliphatic rings. The average Bonchev–Trinajstić information content (AvgIpc) is 3.13. The maximum atomic E-state index is 9.88. The van der Waals surface area contributed by atoms with Crippen molar-refractivity contribution < 1.29 is 9.84 Å². The molecule has 0 aromatic carbocycles. The minimum atomic E-state index is 0.186. The third-order valence-corrected chi connectivity index (χ3v) is 6.28. The molecule has 116 valence electrons. The van der Waals surface area contributed by atoms with Gasteiger partial charge >= 0.3 is 0 Å². The number of hydrogen-bond acceptors (Lipinski definition) is 5. The molecule has 1 saturated heterocycles. The van der Waals surface area contributed by atoms with Gasteiger partial charge in [0.25, 0.3) is 0 Å². The summed E-state index contributed by atoms with van der Waals surface area (Å²) in [4.78, 5) is 12.8. The zero-order valence-electron chi connectivity index (χ0n) is 12.0. The highest BCUT2D eigenvalue weighted by Gasteiger charge is 2.58. The first-order valence-corrected chi connectivity index (χ1v) is 8.23. The molecule has 0 radical (unpaired) electrons. The fourth-order valence-electron chi connectivity index (χ4n) is 5.15. The summed E-state index contributed by atoms with van der Waals surface area (Å²) in [6, 6.07) is 0.186. The van der Waals surface area contributed by atoms with Crippen LogP contribution in [0.2, 0.25) is 5.15 Å². The summed E-state index contributed by atoms with van der Waals surface area (Å²) in [5.41, 5.74) is 1.40. The number of imidazole rings is 1. The summed E-state index contributed by atoms with van der Waals surface area (Å²) in [6.07, 6.45) is 5.83. The summed E-state index contributed by atoms with van der Waals surface area (Å²) in [5.74, 6) is 1.79. The highest BCUT2D eigenvalue weighted by atomic mass is 35.5. The standard InChI is InChI=1S/C15H17ClN4O2/c16-14-11-15(18-5-17-14)20(6-19-11)12-7-1-2-8-10(9(7)3-21)4-22-13(8)12/h5-10,12-13,21H,1-4H2/t7-,8+,9+,10+,12-,13-/m1/s1. The van der Waals surface area contributed by atoms with E-state index in [4.69, 9.17) is 16.3 Å². The van der Waals surface area contributed by atoms with Gasteiger partial charge < -0.3 is 14.4 Å². The molecule has 0 amide bonds. The Morgan fingerprint density at radius 3 is 2.95 bits per heavy atom. The van der Waals surface area contributed by atoms with Gasteiger partial charge in [-0.05, 0) is 36.5 Å². The fourth-order valence-corrected chi connectivity index (χ4v) is 5.32. The van der Waals surface area contributed by atoms with Crippen LogP contribution in [0.4, 0.5) is 0 Å². The molecule has 1 aliphatic heterocycles. The lowest BCUT2D eigenvalue weighted by atomic mass is 9.57. The van der Waals surface area contributed by atoms with Crippen LogP contribution in [0.3, 0.4) is 0 Å². The van der Waals surface area contributed by atoms with Crippen LogP contribution in [0.1, 0.15) is 18.9 Å². The van der Waals surface area contributed by atoms with Crippen LogP contribution < -0.4 is 0 Å². The van der Waals surface area contributed by atoms with Gasteiger partial charge in [0.05, 0.1) is 25.1 Å². The Hall–Kier alpha value is -1.24. The van der Waals surface area contributed by atoms with E-state index in [0.29, 0.717) is 34.3 Å². The predicted octanol–water partition coefficient (Wildman–Crippen LogP) is 1.68. The van der Waals surface area contributed by atoms with E-state index in [0.717, 1.165) is 18.7 Å². The number of fused-ring (bicyclic) bond motifs is 2. The van der Waals surface area contributed by atoms with Crippen molar-refractivity contribution in [3.63, 3.8) is 0 Å². The van der Waals surface area contributed by atoms with Crippen LogP contribution in [0, 0.1) is 23.7 Å². The Labute approximate surface area is 132 Å². The Morgan fingerprint density at radius 1 is 1.23 bits per heavy atom. The van der Waals surface area contributed by atoms with Gasteiger partial charge in [-0.1, -0.05) is 11.6 Å². The Morgan fingerprint density at radius 2 is 2.09 bits per heavy atom. The SMILES string of the molecule is OC[C@@H]1[C@H]2CO[C@@H]3[C@H]2CC[C@H]1[C@H]3n1cnc2c(Cl)ncnc21. The van der Waals surface area contributed by atoms with Crippen LogP contribution in [-0.2, 0) is 4.74 Å². The molecule has 3 aliphatic carbocycles. The number of rotatable bonds is 2. The van der Waals surface area contributed by atoms with Crippen LogP contribution >= 0.6 is 11.6 Å². The first-order valence-electron chi connectivity index (χ1n) is 7.85. The van der Waals surface area contributed by atoms with Gasteiger partial charge in [0.15, 0.2) is 10.8 Å². The molecule has 4 bridgehead atoms. The average molecular weight is 321 g/mol. The third kappa shape index (κ3) is 1.55. The maximum Gasteiger partial charge on any atom is 0.165 e. The van der Waals surface area contributed by atoms with E-state index in [2.05, 4.69) is 19.5 Å². The summed E-state index contributed by atoms with van der Waals surface area (Å²) < 4.78 is 8.23. The molecule has 22 heavy (non-hydrogen) atoms. The summed E-state index contributed by atoms with van der Waals surface area (Å²) in [6.45, 7) is 1.01. The van der Waals surface area contributed by atoms with Crippen molar-refractivity contribution in [3.05, 3.63) is 17.8 Å². The molecule has 0 unspecified atom stereocenters. The van der Waals surface area contributed by atoms with Crippen molar-refractivity contribution in [2.24, 2.45) is 23.7 Å². The van der Waals surface area contributed by atoms with Crippen molar-refractivity contribution in [2.75, 3.05) is 13.2 Å². The number of aliphatic hydroxyl groups excluding tert-OH is 1. The number of ether oxygens (including phenoxy) is 1. The molecule has 4 fully saturated rings. The molecule has 6 rings (SSSR count). The van der Waals surface area contributed by atoms with E-state index >= 15 is 0 Å². The van der Waals surface area contributed by atoms with E-state index in [9.17, 15) is 5.11 Å². The summed E-state index contributed by atoms with van der Waals surface area (Å²) in [5, 5.41) is 10.3. The monoisotopic (exact) mass is 320 g/mol. The second-order valence-electron chi connectivity index (χ2n) is 6.69. The topological polar surface area (TPSA) is 73.1 Å². The highest BCUT2D eigenvalue weighted by Crippen LogP contribution is 2.58. The fraction of sp³-hybridized carbons (Fsp3) is 0.667. The molecular weight excluding hydrogens is 304 g/mol. The van der Waals surface area contributed by atoms with E-state index in [1.54, 1.807) is 0 Å². The molecular formula is C15H17ClN4O2. The molecule has 1 N–H and O–H groups in total. The minimum absolute atomic E-state index is 0.186. The molecule has 6 nitrogen and oxygen atoms in total. The molecule has 7 heteroatoms. The van der Waals surface area contributed by atoms with Crippen molar-refractivity contribution >= 4 is 22.8 Å². The predicted molar refractivity (Wildman–Crippen MR) is 79.4 cm³/mol. The van der Waals surface area contributed by atoms with E-state index in [1.165, 1.54) is 12.7 Å². The van der Waals surface area contributed by atoms with Crippen molar-refractivity contribution in [1.29, 1.82) is 0 Å². The van der Waals surface area contributed by atoms with Gasteiger partial charge in [-0.2, -0.15) is 0 Å². The molecule has 0 spiro atoms. The molecule has 3 heterocycles. The molecule has 3 saturated carbocycles. The van der Waals surface area contributed by atoms with Gasteiger partial charge in [-0.3, -0.25) is 0 Å². The quantitative estimate of drug-likeness (QED) is 0.852. The maximum absolute atomic E-state index is 9.88. The smallest absolute Gasteiger partial charge is 0.165 e. The van der Waals surface area contributed by atoms with E-state index in [-0.39, 0.29) is 18.8 Å². The molecule has 2 aromatic rings. The van der Waals surface area contributed by atoms with Crippen LogP contribution in [0.15, 0.2) is 12.7 Å². The molecule has 6 atom stereocenters. The molecule has 2 aromatic heterocycles. The Bertz CT molecular complexity index is 735. The van der Waals surface area contributed by atoms with Crippen LogP contribution in [0.25, 0.3) is 11.2 Å². The number of aromatic nitrogens is 4. The van der Waals surface area contributed by atoms with Gasteiger partial charge in [0.1, 0.15) is 11.8 Å². The van der Waals surface area contributed by atoms with Gasteiger partial charge in [0, 0.05) is 6.61 Å². The van der Waals surface area contributed by atoms with E-state index < -0.39 is 0 Å². The zero-order chi connectivity index (χ0) is 14.8. The number of aliphatic hydroxyl groups is 1. The largest absolute Gasteiger partial charge is 0.396 e. The van der Waals surface area contributed by atoms with Crippen molar-refractivity contribution in [2.45, 2.75) is 25.0 Å². The normalized spacial score (nSPS) is 39.7. The lowest BCUT2D eigenvalue weighted by molar-refractivity contribution is -0.0587.